The van der Waals surface area contributed by atoms with Gasteiger partial charge in [-0.2, -0.15) is 0 Å². The van der Waals surface area contributed by atoms with Gasteiger partial charge in [0.2, 0.25) is 0 Å². The van der Waals surface area contributed by atoms with Crippen LogP contribution in [0.4, 0.5) is 0 Å². The van der Waals surface area contributed by atoms with Gasteiger partial charge < -0.3 is 0 Å². The van der Waals surface area contributed by atoms with Crippen LogP contribution in [0.25, 0.3) is 11.1 Å². The standard InChI is InChI=1S/C21H25.C13H8Cl2.C5H5.2ClH.Zr/c1-20(2,3)16-7-9-18-14(12-16)11-15-13-17(21(4,5)6)8-10-19(15)18;14-12-5-1-10(2-6-12)9-11-3-7-13(15)8-4-11;1-2-4-5-3-1;;;/h7-10,12H,11H2,1-6H3;1-8H;1-3H,4H2;2*1H;. The molecule has 0 saturated heterocycles. The summed E-state index contributed by atoms with van der Waals surface area (Å²) in [6.07, 6.45) is 9.04. The number of allylic oxidation sites excluding steroid dienone is 4. The Morgan fingerprint density at radius 2 is 1.25 bits per heavy atom. The van der Waals surface area contributed by atoms with Crippen molar-refractivity contribution >= 4 is 54.5 Å². The zero-order valence-corrected chi connectivity index (χ0v) is 31.8. The zero-order chi connectivity index (χ0) is 29.8. The molecule has 0 aliphatic heterocycles. The monoisotopic (exact) mass is 738 g/mol. The summed E-state index contributed by atoms with van der Waals surface area (Å²) in [5.41, 5.74) is 11.4. The first-order chi connectivity index (χ1) is 19.9. The fourth-order valence-corrected chi connectivity index (χ4v) is 15.6. The number of rotatable bonds is 4. The molecule has 0 bridgehead atoms. The number of halogens is 4. The molecule has 0 N–H and O–H groups in total. The fourth-order valence-electron chi connectivity index (χ4n) is 6.42. The molecule has 6 rings (SSSR count). The molecule has 4 aromatic rings. The van der Waals surface area contributed by atoms with Gasteiger partial charge in [0.15, 0.2) is 0 Å². The molecule has 2 aliphatic rings. The van der Waals surface area contributed by atoms with Crippen LogP contribution in [0.15, 0.2) is 100 Å². The maximum Gasteiger partial charge on any atom is -0.147 e. The Hall–Kier alpha value is -1.73. The smallest absolute Gasteiger partial charge is 0.147 e. The largest absolute Gasteiger partial charge is 0.147 e. The van der Waals surface area contributed by atoms with Crippen molar-refractivity contribution in [3.8, 4) is 11.1 Å². The molecular weight excluding hydrogens is 701 g/mol. The van der Waals surface area contributed by atoms with Gasteiger partial charge in [0.05, 0.1) is 0 Å². The van der Waals surface area contributed by atoms with Gasteiger partial charge in [0.25, 0.3) is 0 Å². The maximum atomic E-state index is 6.43. The minimum Gasteiger partial charge on any atom is -0.147 e. The maximum absolute atomic E-state index is 6.43. The number of hydrogen-bond donors (Lipinski definition) is 0. The van der Waals surface area contributed by atoms with Crippen LogP contribution >= 0.6 is 48.0 Å². The molecule has 0 radical (unpaired) electrons. The summed E-state index contributed by atoms with van der Waals surface area (Å²) >= 11 is 10.0. The van der Waals surface area contributed by atoms with Crippen molar-refractivity contribution < 1.29 is 21.3 Å². The van der Waals surface area contributed by atoms with Gasteiger partial charge in [-0.15, -0.1) is 24.8 Å². The van der Waals surface area contributed by atoms with Crippen LogP contribution in [0.3, 0.4) is 0 Å². The topological polar surface area (TPSA) is 0 Å². The van der Waals surface area contributed by atoms with Crippen molar-refractivity contribution in [1.82, 2.24) is 0 Å². The van der Waals surface area contributed by atoms with Gasteiger partial charge in [0.1, 0.15) is 0 Å². The molecule has 0 nitrogen and oxygen atoms in total. The Balaban J connectivity index is 0.00000221. The van der Waals surface area contributed by atoms with Crippen LogP contribution in [0, 0.1) is 0 Å². The van der Waals surface area contributed by atoms with Crippen molar-refractivity contribution in [2.45, 2.75) is 65.2 Å². The van der Waals surface area contributed by atoms with E-state index in [0.717, 1.165) is 22.9 Å². The molecule has 44 heavy (non-hydrogen) atoms. The molecule has 0 saturated carbocycles. The van der Waals surface area contributed by atoms with E-state index in [9.17, 15) is 0 Å². The molecule has 0 fully saturated rings. The van der Waals surface area contributed by atoms with E-state index in [2.05, 4.69) is 114 Å². The minimum atomic E-state index is -2.83. The van der Waals surface area contributed by atoms with Crippen LogP contribution in [-0.2, 0) is 38.5 Å². The molecule has 0 aromatic heterocycles. The van der Waals surface area contributed by atoms with E-state index in [-0.39, 0.29) is 35.6 Å². The van der Waals surface area contributed by atoms with E-state index in [0.29, 0.717) is 0 Å². The first-order valence-corrected chi connectivity index (χ1v) is 19.3. The molecule has 0 unspecified atom stereocenters. The second kappa shape index (κ2) is 13.6. The van der Waals surface area contributed by atoms with E-state index in [1.54, 1.807) is 12.1 Å². The first-order valence-electron chi connectivity index (χ1n) is 14.8. The SMILES string of the molecule is CC(C)(C)c1ccc2c(c1)Cc1c-2ccc(C(C)(C)C)[c]1[Zr]([C]1=CC=CC1)=[C](c1ccc(Cl)cc1)c1ccc(Cl)cc1.Cl.Cl. The van der Waals surface area contributed by atoms with Crippen molar-refractivity contribution in [1.29, 1.82) is 0 Å². The van der Waals surface area contributed by atoms with Gasteiger partial charge >= 0.3 is 271 Å². The number of fused-ring (bicyclic) bond motifs is 3. The second-order valence-corrected chi connectivity index (χ2v) is 20.4. The Morgan fingerprint density at radius 3 is 1.75 bits per heavy atom. The van der Waals surface area contributed by atoms with Crippen LogP contribution < -0.4 is 3.27 Å². The average molecular weight is 742 g/mol. The molecule has 5 heteroatoms. The summed E-state index contributed by atoms with van der Waals surface area (Å²) in [7, 11) is 0. The van der Waals surface area contributed by atoms with Gasteiger partial charge in [-0.3, -0.25) is 0 Å². The van der Waals surface area contributed by atoms with Crippen LogP contribution in [-0.4, -0.2) is 3.21 Å². The van der Waals surface area contributed by atoms with Crippen molar-refractivity contribution in [3.05, 3.63) is 144 Å². The van der Waals surface area contributed by atoms with Crippen molar-refractivity contribution in [2.75, 3.05) is 0 Å². The first kappa shape index (κ1) is 35.1. The Kier molecular flexibility index (Phi) is 10.8. The summed E-state index contributed by atoms with van der Waals surface area (Å²) in [4.78, 5) is 0. The average Bonchev–Trinajstić information content (AvgIpc) is 3.59. The molecule has 0 amide bonds. The minimum absolute atomic E-state index is 0. The third-order valence-corrected chi connectivity index (χ3v) is 16.9. The van der Waals surface area contributed by atoms with E-state index >= 15 is 0 Å². The fraction of sp³-hybridized carbons (Fsp3) is 0.256. The Morgan fingerprint density at radius 1 is 0.682 bits per heavy atom. The normalized spacial score (nSPS) is 13.4. The molecule has 0 atom stereocenters. The molecular formula is C39H40Cl4Zr. The molecule has 228 valence electrons. The third kappa shape index (κ3) is 6.84. The van der Waals surface area contributed by atoms with Crippen LogP contribution in [0.1, 0.15) is 81.3 Å². The number of benzene rings is 4. The summed E-state index contributed by atoms with van der Waals surface area (Å²) in [5.74, 6) is 0. The summed E-state index contributed by atoms with van der Waals surface area (Å²) in [6.45, 7) is 14.1. The van der Waals surface area contributed by atoms with Gasteiger partial charge in [-0.05, 0) is 0 Å². The van der Waals surface area contributed by atoms with Gasteiger partial charge in [-0.1, -0.05) is 0 Å². The van der Waals surface area contributed by atoms with E-state index in [1.165, 1.54) is 42.2 Å². The summed E-state index contributed by atoms with van der Waals surface area (Å²) in [6, 6.07) is 29.1. The van der Waals surface area contributed by atoms with Gasteiger partial charge in [0, 0.05) is 0 Å². The van der Waals surface area contributed by atoms with E-state index in [1.807, 2.05) is 24.3 Å². The quantitative estimate of drug-likeness (QED) is 0.172. The van der Waals surface area contributed by atoms with Crippen molar-refractivity contribution in [2.24, 2.45) is 0 Å². The molecule has 2 aliphatic carbocycles. The van der Waals surface area contributed by atoms with Gasteiger partial charge in [-0.25, -0.2) is 0 Å². The molecule has 0 spiro atoms. The second-order valence-electron chi connectivity index (χ2n) is 13.7. The van der Waals surface area contributed by atoms with Crippen LogP contribution in [0.5, 0.6) is 0 Å². The molecule has 0 heterocycles. The van der Waals surface area contributed by atoms with E-state index < -0.39 is 21.3 Å². The summed E-state index contributed by atoms with van der Waals surface area (Å²) < 4.78 is 4.75. The number of hydrogen-bond acceptors (Lipinski definition) is 0. The third-order valence-electron chi connectivity index (χ3n) is 8.61. The Labute approximate surface area is 293 Å². The zero-order valence-electron chi connectivity index (χ0n) is 26.2. The van der Waals surface area contributed by atoms with Crippen LogP contribution in [0.2, 0.25) is 10.0 Å². The van der Waals surface area contributed by atoms with E-state index in [4.69, 9.17) is 23.2 Å². The molecule has 4 aromatic carbocycles. The Bertz CT molecular complexity index is 1730. The predicted molar refractivity (Wildman–Crippen MR) is 194 cm³/mol. The summed E-state index contributed by atoms with van der Waals surface area (Å²) in [5, 5.41) is 1.53. The predicted octanol–water partition coefficient (Wildman–Crippen LogP) is 11.4. The van der Waals surface area contributed by atoms with Crippen molar-refractivity contribution in [3.63, 3.8) is 0 Å².